The third-order valence-corrected chi connectivity index (χ3v) is 15.2. The molecule has 1 unspecified atom stereocenters. The van der Waals surface area contributed by atoms with Gasteiger partial charge in [0.15, 0.2) is 6.73 Å². The fourth-order valence-corrected chi connectivity index (χ4v) is 11.4. The van der Waals surface area contributed by atoms with Crippen molar-refractivity contribution in [3.63, 3.8) is 0 Å². The van der Waals surface area contributed by atoms with Crippen molar-refractivity contribution in [3.05, 3.63) is 87.9 Å². The van der Waals surface area contributed by atoms with E-state index in [-0.39, 0.29) is 65.9 Å². The highest BCUT2D eigenvalue weighted by Gasteiger charge is 2.64. The number of hydrogen-bond donors (Lipinski definition) is 4. The van der Waals surface area contributed by atoms with Crippen LogP contribution in [0.1, 0.15) is 96.9 Å². The molecule has 1 aliphatic carbocycles. The number of benzene rings is 3. The van der Waals surface area contributed by atoms with Gasteiger partial charge in [0.1, 0.15) is 24.0 Å². The molecule has 4 aliphatic heterocycles. The van der Waals surface area contributed by atoms with Gasteiger partial charge < -0.3 is 41.0 Å². The minimum absolute atomic E-state index is 0.0126. The maximum absolute atomic E-state index is 13.8. The van der Waals surface area contributed by atoms with Crippen molar-refractivity contribution >= 4 is 64.5 Å². The van der Waals surface area contributed by atoms with E-state index in [2.05, 4.69) is 64.4 Å². The van der Waals surface area contributed by atoms with E-state index < -0.39 is 54.4 Å². The Bertz CT molecular complexity index is 2640. The zero-order chi connectivity index (χ0) is 51.6. The number of piperazine rings is 1. The summed E-state index contributed by atoms with van der Waals surface area (Å²) >= 11 is 6.27. The second kappa shape index (κ2) is 21.1. The van der Waals surface area contributed by atoms with Gasteiger partial charge in [-0.1, -0.05) is 39.3 Å². The van der Waals surface area contributed by atoms with E-state index in [1.165, 1.54) is 6.92 Å². The normalized spacial score (nSPS) is 22.4. The summed E-state index contributed by atoms with van der Waals surface area (Å²) in [6.45, 7) is 15.2. The average Bonchev–Trinajstić information content (AvgIpc) is 3.61. The van der Waals surface area contributed by atoms with Crippen molar-refractivity contribution in [1.82, 2.24) is 30.7 Å². The van der Waals surface area contributed by atoms with E-state index >= 15 is 0 Å². The highest BCUT2D eigenvalue weighted by atomic mass is 35.5. The number of ether oxygens (including phenoxy) is 2. The standard InChI is InChI=1S/C52H63ClN10O9/c1-31(55)43(65)56-18-19-57-50(70)71-30-62-42(64)15-14-41(47(62)69)63-45(67)38-13-11-36(26-39(38)46(63)68)61-24-22-59(23-25-61)29-32-16-20-60(21-17-32)35-9-6-33(7-10-35)44(66)58-48-51(2,3)49(52(48,4)5)72-37-12-8-34(28-54)40(53)27-37/h6-13,26-27,31-32,41,48-49H,14-25,29-30,55H2,1-5H3,(H,56,65)(H,57,70)(H,58,66)/t31-,41?,48?,49?/m0/s1. The van der Waals surface area contributed by atoms with Crippen molar-refractivity contribution in [2.45, 2.75) is 84.5 Å². The Morgan fingerprint density at radius 2 is 1.46 bits per heavy atom. The van der Waals surface area contributed by atoms with Crippen molar-refractivity contribution in [2.24, 2.45) is 22.5 Å². The molecular weight excluding hydrogens is 944 g/mol. The second-order valence-corrected chi connectivity index (χ2v) is 21.0. The number of halogens is 1. The Balaban J connectivity index is 0.769. The molecule has 72 heavy (non-hydrogen) atoms. The van der Waals surface area contributed by atoms with Crippen LogP contribution in [0.4, 0.5) is 16.2 Å². The second-order valence-electron chi connectivity index (χ2n) is 20.6. The quantitative estimate of drug-likeness (QED) is 0.124. The molecule has 5 aliphatic rings. The van der Waals surface area contributed by atoms with Crippen LogP contribution < -0.4 is 36.2 Å². The summed E-state index contributed by atoms with van der Waals surface area (Å²) < 4.78 is 11.5. The van der Waals surface area contributed by atoms with E-state index in [1.54, 1.807) is 30.3 Å². The number of alkyl carbamates (subject to hydrolysis) is 1. The first-order valence-electron chi connectivity index (χ1n) is 24.6. The third-order valence-electron chi connectivity index (χ3n) is 14.9. The fourth-order valence-electron chi connectivity index (χ4n) is 11.2. The minimum atomic E-state index is -1.24. The number of nitriles is 1. The zero-order valence-electron chi connectivity index (χ0n) is 41.4. The van der Waals surface area contributed by atoms with E-state index in [0.29, 0.717) is 27.8 Å². The first kappa shape index (κ1) is 51.6. The number of amides is 7. The first-order valence-corrected chi connectivity index (χ1v) is 25.0. The largest absolute Gasteiger partial charge is 0.489 e. The molecule has 20 heteroatoms. The number of imide groups is 2. The lowest BCUT2D eigenvalue weighted by atomic mass is 9.49. The number of nitrogens with one attached hydrogen (secondary N) is 3. The van der Waals surface area contributed by atoms with E-state index in [1.807, 2.05) is 30.3 Å². The van der Waals surface area contributed by atoms with Crippen molar-refractivity contribution in [2.75, 3.05) is 75.4 Å². The third kappa shape index (κ3) is 10.6. The molecule has 3 aromatic rings. The molecule has 0 aromatic heterocycles. The van der Waals surface area contributed by atoms with Gasteiger partial charge in [0.05, 0.1) is 27.8 Å². The fraction of sp³-hybridized carbons (Fsp3) is 0.500. The highest BCUT2D eigenvalue weighted by Crippen LogP contribution is 2.55. The van der Waals surface area contributed by atoms with Crippen LogP contribution in [0.15, 0.2) is 60.7 Å². The number of nitrogens with two attached hydrogens (primary N) is 1. The topological polar surface area (TPSA) is 240 Å². The molecule has 4 heterocycles. The molecule has 1 saturated carbocycles. The van der Waals surface area contributed by atoms with Gasteiger partial charge in [0.25, 0.3) is 23.6 Å². The van der Waals surface area contributed by atoms with Crippen molar-refractivity contribution < 1.29 is 43.0 Å². The van der Waals surface area contributed by atoms with E-state index in [0.717, 1.165) is 79.8 Å². The predicted molar refractivity (Wildman–Crippen MR) is 267 cm³/mol. The van der Waals surface area contributed by atoms with Gasteiger partial charge in [-0.3, -0.25) is 38.6 Å². The molecule has 2 atom stereocenters. The van der Waals surface area contributed by atoms with E-state index in [9.17, 15) is 38.8 Å². The van der Waals surface area contributed by atoms with Crippen LogP contribution >= 0.6 is 11.6 Å². The van der Waals surface area contributed by atoms with Crippen LogP contribution in [-0.2, 0) is 19.1 Å². The lowest BCUT2D eigenvalue weighted by Crippen LogP contribution is -2.74. The van der Waals surface area contributed by atoms with Gasteiger partial charge in [0, 0.05) is 105 Å². The van der Waals surface area contributed by atoms with Crippen molar-refractivity contribution in [3.8, 4) is 11.8 Å². The number of nitrogens with zero attached hydrogens (tertiary/aromatic N) is 6. The average molecular weight is 1010 g/mol. The molecule has 19 nitrogen and oxygen atoms in total. The van der Waals surface area contributed by atoms with Gasteiger partial charge in [-0.25, -0.2) is 9.69 Å². The highest BCUT2D eigenvalue weighted by molar-refractivity contribution is 6.31. The first-order chi connectivity index (χ1) is 34.3. The molecule has 3 saturated heterocycles. The van der Waals surface area contributed by atoms with Crippen LogP contribution in [0.3, 0.4) is 0 Å². The molecule has 7 amide bonds. The predicted octanol–water partition coefficient (Wildman–Crippen LogP) is 4.12. The maximum atomic E-state index is 13.8. The molecule has 0 spiro atoms. The number of carbonyl (C=O) groups is 7. The van der Waals surface area contributed by atoms with Gasteiger partial charge in [-0.05, 0) is 86.7 Å². The SMILES string of the molecule is C[C@H](N)C(=O)NCCNC(=O)OCN1C(=O)CCC(N2C(=O)c3ccc(N4CCN(CC5CCN(c6ccc(C(=O)NC7C(C)(C)C(Oc8ccc(C#N)c(Cl)c8)C7(C)C)cc6)CC5)CC4)cc3C2=O)C1=O. The summed E-state index contributed by atoms with van der Waals surface area (Å²) in [5.41, 5.74) is 8.00. The Labute approximate surface area is 424 Å². The summed E-state index contributed by atoms with van der Waals surface area (Å²) in [7, 11) is 0. The number of likely N-dealkylation sites (tertiary alicyclic amines) is 1. The number of hydrogen-bond acceptors (Lipinski definition) is 14. The van der Waals surface area contributed by atoms with Gasteiger partial charge >= 0.3 is 6.09 Å². The summed E-state index contributed by atoms with van der Waals surface area (Å²) in [5.74, 6) is -2.06. The molecule has 382 valence electrons. The van der Waals surface area contributed by atoms with Gasteiger partial charge in [-0.2, -0.15) is 5.26 Å². The molecule has 5 N–H and O–H groups in total. The lowest BCUT2D eigenvalue weighted by Gasteiger charge is -2.63. The smallest absolute Gasteiger partial charge is 0.408 e. The Morgan fingerprint density at radius 3 is 2.11 bits per heavy atom. The van der Waals surface area contributed by atoms with E-state index in [4.69, 9.17) is 26.8 Å². The molecule has 0 radical (unpaired) electrons. The molecule has 4 fully saturated rings. The number of carbonyl (C=O) groups excluding carboxylic acids is 7. The van der Waals surface area contributed by atoms with Crippen LogP contribution in [0.2, 0.25) is 5.02 Å². The monoisotopic (exact) mass is 1010 g/mol. The van der Waals surface area contributed by atoms with Gasteiger partial charge in [0.2, 0.25) is 11.8 Å². The number of rotatable bonds is 15. The number of piperidine rings is 2. The maximum Gasteiger partial charge on any atom is 0.408 e. The Hall–Kier alpha value is -6.75. The Kier molecular flexibility index (Phi) is 15.2. The molecule has 3 aromatic carbocycles. The van der Waals surface area contributed by atoms with Crippen LogP contribution in [0, 0.1) is 28.1 Å². The molecule has 0 bridgehead atoms. The number of fused-ring (bicyclic) bond motifs is 1. The van der Waals surface area contributed by atoms with Crippen LogP contribution in [0.25, 0.3) is 0 Å². The van der Waals surface area contributed by atoms with Crippen LogP contribution in [0.5, 0.6) is 5.75 Å². The summed E-state index contributed by atoms with van der Waals surface area (Å²) in [6, 6.07) is 18.0. The van der Waals surface area contributed by atoms with Crippen molar-refractivity contribution in [1.29, 1.82) is 5.26 Å². The molecular formula is C52H63ClN10O9. The lowest BCUT2D eigenvalue weighted by molar-refractivity contribution is -0.164. The molecule has 8 rings (SSSR count). The summed E-state index contributed by atoms with van der Waals surface area (Å²) in [5, 5.41) is 17.8. The Morgan fingerprint density at radius 1 is 0.819 bits per heavy atom. The minimum Gasteiger partial charge on any atom is -0.489 e. The van der Waals surface area contributed by atoms with Gasteiger partial charge in [-0.15, -0.1) is 0 Å². The summed E-state index contributed by atoms with van der Waals surface area (Å²) in [4.78, 5) is 99.8. The summed E-state index contributed by atoms with van der Waals surface area (Å²) in [6.07, 6.45) is 0.764. The zero-order valence-corrected chi connectivity index (χ0v) is 42.1. The van der Waals surface area contributed by atoms with Crippen LogP contribution in [-0.4, -0.2) is 146 Å². The number of anilines is 2.